The topological polar surface area (TPSA) is 62.6 Å². The Balaban J connectivity index is 1.45. The van der Waals surface area contributed by atoms with Crippen LogP contribution < -0.4 is 10.9 Å². The quantitative estimate of drug-likeness (QED) is 0.866. The van der Waals surface area contributed by atoms with Crippen LogP contribution in [0.15, 0.2) is 45.6 Å². The van der Waals surface area contributed by atoms with Gasteiger partial charge in [0.05, 0.1) is 0 Å². The van der Waals surface area contributed by atoms with Gasteiger partial charge in [0, 0.05) is 25.6 Å². The van der Waals surface area contributed by atoms with Gasteiger partial charge in [-0.1, -0.05) is 30.3 Å². The van der Waals surface area contributed by atoms with Crippen molar-refractivity contribution in [2.45, 2.75) is 45.1 Å². The van der Waals surface area contributed by atoms with Crippen LogP contribution in [0.25, 0.3) is 0 Å². The van der Waals surface area contributed by atoms with Crippen LogP contribution in [0.5, 0.6) is 0 Å². The van der Waals surface area contributed by atoms with Crippen LogP contribution in [0, 0.1) is 12.8 Å². The molecule has 5 nitrogen and oxygen atoms in total. The van der Waals surface area contributed by atoms with Crippen LogP contribution in [-0.2, 0) is 12.8 Å². The average Bonchev–Trinajstić information content (AvgIpc) is 3.02. The largest absolute Gasteiger partial charge is 0.427 e. The van der Waals surface area contributed by atoms with Crippen molar-refractivity contribution in [2.75, 3.05) is 19.6 Å². The predicted molar refractivity (Wildman–Crippen MR) is 109 cm³/mol. The van der Waals surface area contributed by atoms with Crippen molar-refractivity contribution in [2.24, 2.45) is 5.92 Å². The predicted octanol–water partition coefficient (Wildman–Crippen LogP) is 2.95. The van der Waals surface area contributed by atoms with Gasteiger partial charge in [0.1, 0.15) is 11.3 Å². The van der Waals surface area contributed by atoms with Crippen LogP contribution >= 0.6 is 0 Å². The van der Waals surface area contributed by atoms with Gasteiger partial charge in [-0.25, -0.2) is 4.79 Å². The normalized spacial score (nSPS) is 21.5. The molecule has 1 aromatic carbocycles. The molecule has 5 rings (SSSR count). The van der Waals surface area contributed by atoms with E-state index in [4.69, 9.17) is 4.42 Å². The molecule has 3 fully saturated rings. The number of hydrogen-bond acceptors (Lipinski definition) is 4. The highest BCUT2D eigenvalue weighted by atomic mass is 16.4. The summed E-state index contributed by atoms with van der Waals surface area (Å²) in [6, 6.07) is 12.5. The third kappa shape index (κ3) is 4.20. The fourth-order valence-electron chi connectivity index (χ4n) is 4.43. The molecule has 0 spiro atoms. The molecule has 3 aliphatic heterocycles. The van der Waals surface area contributed by atoms with Crippen LogP contribution in [-0.4, -0.2) is 36.5 Å². The zero-order valence-corrected chi connectivity index (χ0v) is 16.4. The first-order valence-corrected chi connectivity index (χ1v) is 10.3. The molecular weight excluding hydrogens is 352 g/mol. The summed E-state index contributed by atoms with van der Waals surface area (Å²) in [6.45, 7) is 4.20. The molecule has 4 heterocycles. The fourth-order valence-corrected chi connectivity index (χ4v) is 4.43. The van der Waals surface area contributed by atoms with Gasteiger partial charge in [0.25, 0.3) is 5.91 Å². The van der Waals surface area contributed by atoms with Gasteiger partial charge < -0.3 is 14.6 Å². The van der Waals surface area contributed by atoms with Crippen molar-refractivity contribution in [3.8, 4) is 0 Å². The van der Waals surface area contributed by atoms with Gasteiger partial charge >= 0.3 is 5.63 Å². The molecule has 148 valence electrons. The Kier molecular flexibility index (Phi) is 5.62. The number of fused-ring (bicyclic) bond motifs is 4. The van der Waals surface area contributed by atoms with E-state index in [1.165, 1.54) is 5.56 Å². The first-order valence-electron chi connectivity index (χ1n) is 10.3. The highest BCUT2D eigenvalue weighted by molar-refractivity contribution is 5.95. The standard InChI is InChI=1S/C23H28N2O3/c1-16-12-20(9-5-8-17-6-3-2-4-7-17)28-23(27)21(16)22(26)25-14-18-10-11-19(15-25)24-13-18/h2-4,6-7,12,18-19,24H,5,8-11,13-15H2,1H3/t18-,19-/m0/s1. The molecule has 2 bridgehead atoms. The minimum atomic E-state index is -0.496. The van der Waals surface area contributed by atoms with Crippen molar-refractivity contribution in [3.05, 3.63) is 69.3 Å². The molecule has 0 saturated carbocycles. The van der Waals surface area contributed by atoms with E-state index >= 15 is 0 Å². The van der Waals surface area contributed by atoms with Crippen LogP contribution in [0.3, 0.4) is 0 Å². The molecule has 28 heavy (non-hydrogen) atoms. The lowest BCUT2D eigenvalue weighted by Gasteiger charge is -2.23. The fraction of sp³-hybridized carbons (Fsp3) is 0.478. The Bertz CT molecular complexity index is 868. The number of hydrogen-bond donors (Lipinski definition) is 1. The lowest BCUT2D eigenvalue weighted by Crippen LogP contribution is -2.41. The molecule has 3 aliphatic rings. The second kappa shape index (κ2) is 8.31. The molecule has 0 radical (unpaired) electrons. The number of piperidine rings is 1. The first-order chi connectivity index (χ1) is 13.6. The lowest BCUT2D eigenvalue weighted by atomic mass is 9.97. The maximum Gasteiger partial charge on any atom is 0.349 e. The Morgan fingerprint density at radius 3 is 2.71 bits per heavy atom. The lowest BCUT2D eigenvalue weighted by molar-refractivity contribution is 0.0743. The van der Waals surface area contributed by atoms with E-state index in [1.54, 1.807) is 0 Å². The molecule has 1 amide bonds. The Morgan fingerprint density at radius 1 is 1.18 bits per heavy atom. The zero-order chi connectivity index (χ0) is 19.5. The SMILES string of the molecule is Cc1cc(CCCc2ccccc2)oc(=O)c1C(=O)N1C[C@H]2CC[C@@H](C1)NC2. The number of nitrogens with zero attached hydrogens (tertiary/aromatic N) is 1. The summed E-state index contributed by atoms with van der Waals surface area (Å²) in [4.78, 5) is 27.5. The number of carbonyl (C=O) groups excluding carboxylic acids is 1. The summed E-state index contributed by atoms with van der Waals surface area (Å²) in [5.74, 6) is 0.961. The smallest absolute Gasteiger partial charge is 0.349 e. The monoisotopic (exact) mass is 380 g/mol. The highest BCUT2D eigenvalue weighted by Crippen LogP contribution is 2.23. The van der Waals surface area contributed by atoms with E-state index in [9.17, 15) is 9.59 Å². The summed E-state index contributed by atoms with van der Waals surface area (Å²) in [5, 5.41) is 3.50. The Hall–Kier alpha value is -2.40. The van der Waals surface area contributed by atoms with E-state index in [0.29, 0.717) is 30.7 Å². The van der Waals surface area contributed by atoms with E-state index < -0.39 is 5.63 Å². The molecule has 2 atom stereocenters. The molecule has 0 unspecified atom stereocenters. The van der Waals surface area contributed by atoms with Gasteiger partial charge in [0.2, 0.25) is 0 Å². The molecule has 1 N–H and O–H groups in total. The number of rotatable bonds is 5. The average molecular weight is 380 g/mol. The van der Waals surface area contributed by atoms with E-state index in [-0.39, 0.29) is 11.5 Å². The van der Waals surface area contributed by atoms with Gasteiger partial charge in [0.15, 0.2) is 0 Å². The van der Waals surface area contributed by atoms with Crippen molar-refractivity contribution < 1.29 is 9.21 Å². The molecule has 1 aromatic heterocycles. The second-order valence-corrected chi connectivity index (χ2v) is 8.16. The Morgan fingerprint density at radius 2 is 2.00 bits per heavy atom. The number of aryl methyl sites for hydroxylation is 3. The summed E-state index contributed by atoms with van der Waals surface area (Å²) < 4.78 is 5.52. The van der Waals surface area contributed by atoms with Gasteiger partial charge in [-0.3, -0.25) is 4.79 Å². The Labute approximate surface area is 165 Å². The van der Waals surface area contributed by atoms with E-state index in [0.717, 1.165) is 44.3 Å². The molecular formula is C23H28N2O3. The van der Waals surface area contributed by atoms with Crippen molar-refractivity contribution in [1.82, 2.24) is 10.2 Å². The molecule has 0 aliphatic carbocycles. The number of amides is 1. The first kappa shape index (κ1) is 18.9. The minimum absolute atomic E-state index is 0.178. The van der Waals surface area contributed by atoms with Gasteiger partial charge in [-0.05, 0) is 62.3 Å². The number of nitrogens with one attached hydrogen (secondary N) is 1. The summed E-state index contributed by atoms with van der Waals surface area (Å²) in [6.07, 6.45) is 4.78. The van der Waals surface area contributed by atoms with Crippen molar-refractivity contribution in [1.29, 1.82) is 0 Å². The summed E-state index contributed by atoms with van der Waals surface area (Å²) >= 11 is 0. The minimum Gasteiger partial charge on any atom is -0.427 e. The van der Waals surface area contributed by atoms with Crippen LogP contribution in [0.1, 0.15) is 46.5 Å². The van der Waals surface area contributed by atoms with E-state index in [2.05, 4.69) is 17.4 Å². The highest BCUT2D eigenvalue weighted by Gasteiger charge is 2.33. The van der Waals surface area contributed by atoms with Crippen LogP contribution in [0.4, 0.5) is 0 Å². The van der Waals surface area contributed by atoms with Crippen molar-refractivity contribution >= 4 is 5.91 Å². The molecule has 2 aromatic rings. The number of carbonyl (C=O) groups is 1. The maximum absolute atomic E-state index is 13.1. The summed E-state index contributed by atoms with van der Waals surface area (Å²) in [5.41, 5.74) is 1.70. The van der Waals surface area contributed by atoms with Crippen LogP contribution in [0.2, 0.25) is 0 Å². The zero-order valence-electron chi connectivity index (χ0n) is 16.4. The van der Waals surface area contributed by atoms with Gasteiger partial charge in [-0.15, -0.1) is 0 Å². The molecule has 5 heteroatoms. The third-order valence-corrected chi connectivity index (χ3v) is 5.97. The maximum atomic E-state index is 13.1. The van der Waals surface area contributed by atoms with Crippen molar-refractivity contribution in [3.63, 3.8) is 0 Å². The number of benzene rings is 1. The molecule has 3 saturated heterocycles. The second-order valence-electron chi connectivity index (χ2n) is 8.16. The third-order valence-electron chi connectivity index (χ3n) is 5.97. The van der Waals surface area contributed by atoms with E-state index in [1.807, 2.05) is 36.1 Å². The van der Waals surface area contributed by atoms with Gasteiger partial charge in [-0.2, -0.15) is 0 Å². The summed E-state index contributed by atoms with van der Waals surface area (Å²) in [7, 11) is 0.